The zero-order valence-corrected chi connectivity index (χ0v) is 20.3. The zero-order chi connectivity index (χ0) is 24.0. The van der Waals surface area contributed by atoms with Gasteiger partial charge in [0, 0.05) is 13.1 Å². The van der Waals surface area contributed by atoms with Gasteiger partial charge in [-0.1, -0.05) is 49.2 Å². The highest BCUT2D eigenvalue weighted by molar-refractivity contribution is 7.89. The molecule has 1 fully saturated rings. The summed E-state index contributed by atoms with van der Waals surface area (Å²) in [5, 5.41) is 2.93. The first-order chi connectivity index (χ1) is 16.5. The summed E-state index contributed by atoms with van der Waals surface area (Å²) in [5.41, 5.74) is 1.61. The van der Waals surface area contributed by atoms with Crippen molar-refractivity contribution < 1.29 is 18.0 Å². The molecule has 0 saturated carbocycles. The summed E-state index contributed by atoms with van der Waals surface area (Å²) in [7, 11) is -3.99. The van der Waals surface area contributed by atoms with E-state index in [1.807, 2.05) is 30.3 Å². The minimum atomic E-state index is -3.99. The van der Waals surface area contributed by atoms with E-state index in [1.54, 1.807) is 17.0 Å². The van der Waals surface area contributed by atoms with Crippen LogP contribution in [0.5, 0.6) is 0 Å². The molecule has 1 aliphatic rings. The van der Waals surface area contributed by atoms with E-state index in [0.717, 1.165) is 43.0 Å². The molecule has 3 aromatic rings. The predicted molar refractivity (Wildman–Crippen MR) is 130 cm³/mol. The molecule has 1 aliphatic heterocycles. The molecule has 1 unspecified atom stereocenters. The Morgan fingerprint density at radius 1 is 1.06 bits per heavy atom. The Balaban J connectivity index is 1.57. The first kappa shape index (κ1) is 24.2. The van der Waals surface area contributed by atoms with Gasteiger partial charge < -0.3 is 10.2 Å². The van der Waals surface area contributed by atoms with Crippen LogP contribution in [-0.4, -0.2) is 53.5 Å². The fourth-order valence-electron chi connectivity index (χ4n) is 4.11. The van der Waals surface area contributed by atoms with Gasteiger partial charge in [0.05, 0.1) is 30.7 Å². The molecule has 0 bridgehead atoms. The van der Waals surface area contributed by atoms with Crippen LogP contribution in [0, 0.1) is 0 Å². The highest BCUT2D eigenvalue weighted by atomic mass is 32.2. The Kier molecular flexibility index (Phi) is 7.86. The first-order valence-electron chi connectivity index (χ1n) is 11.3. The van der Waals surface area contributed by atoms with Crippen LogP contribution in [0.25, 0.3) is 11.0 Å². The quantitative estimate of drug-likeness (QED) is 0.554. The number of fused-ring (bicyclic) bond motifs is 1. The molecular formula is C23H27N5O4S2. The van der Waals surface area contributed by atoms with Crippen molar-refractivity contribution in [3.8, 4) is 0 Å². The lowest BCUT2D eigenvalue weighted by atomic mass is 10.0. The molecule has 2 amide bonds. The minimum absolute atomic E-state index is 0.0111. The maximum atomic E-state index is 13.4. The van der Waals surface area contributed by atoms with Crippen LogP contribution in [-0.2, 0) is 19.6 Å². The minimum Gasteiger partial charge on any atom is -0.356 e. The summed E-state index contributed by atoms with van der Waals surface area (Å²) < 4.78 is 36.6. The summed E-state index contributed by atoms with van der Waals surface area (Å²) in [4.78, 5) is 27.6. The van der Waals surface area contributed by atoms with Gasteiger partial charge in [-0.15, -0.1) is 0 Å². The van der Waals surface area contributed by atoms with Crippen LogP contribution in [0.1, 0.15) is 43.7 Å². The third-order valence-corrected chi connectivity index (χ3v) is 7.83. The van der Waals surface area contributed by atoms with E-state index in [0.29, 0.717) is 18.6 Å². The van der Waals surface area contributed by atoms with Crippen LogP contribution < -0.4 is 10.0 Å². The Hall–Kier alpha value is -2.89. The summed E-state index contributed by atoms with van der Waals surface area (Å²) in [6, 6.07) is 13.6. The number of hydrogen-bond acceptors (Lipinski definition) is 7. The molecule has 1 saturated heterocycles. The Bertz CT molecular complexity index is 1250. The Morgan fingerprint density at radius 2 is 1.85 bits per heavy atom. The standard InChI is InChI=1S/C23H27N5O4S2/c29-21-15-19(17-9-4-3-5-10-17)28(14-7-2-1-6-13-24-21)22(30)16-25-34(31,32)20-12-8-11-18-23(20)27-33-26-18/h3-5,8-12,19,25H,1-2,6-7,13-16H2,(H,24,29). The Morgan fingerprint density at radius 3 is 2.68 bits per heavy atom. The SMILES string of the molecule is O=C1CC(c2ccccc2)N(C(=O)CNS(=O)(=O)c2cccc3nsnc23)CCCCCCN1. The second kappa shape index (κ2) is 11.0. The third kappa shape index (κ3) is 5.78. The van der Waals surface area contributed by atoms with E-state index in [-0.39, 0.29) is 28.6 Å². The van der Waals surface area contributed by atoms with Crippen molar-refractivity contribution in [3.63, 3.8) is 0 Å². The van der Waals surface area contributed by atoms with Crippen LogP contribution >= 0.6 is 11.7 Å². The monoisotopic (exact) mass is 501 g/mol. The van der Waals surface area contributed by atoms with Gasteiger partial charge in [-0.2, -0.15) is 8.75 Å². The van der Waals surface area contributed by atoms with Crippen molar-refractivity contribution in [3.05, 3.63) is 54.1 Å². The highest BCUT2D eigenvalue weighted by Crippen LogP contribution is 2.26. The van der Waals surface area contributed by atoms with Gasteiger partial charge in [-0.05, 0) is 30.5 Å². The van der Waals surface area contributed by atoms with E-state index >= 15 is 0 Å². The number of carbonyl (C=O) groups is 2. The summed E-state index contributed by atoms with van der Waals surface area (Å²) in [6.45, 7) is 0.644. The van der Waals surface area contributed by atoms with Gasteiger partial charge in [0.15, 0.2) is 0 Å². The molecule has 0 spiro atoms. The van der Waals surface area contributed by atoms with Crippen molar-refractivity contribution in [1.29, 1.82) is 0 Å². The van der Waals surface area contributed by atoms with Crippen molar-refractivity contribution >= 4 is 44.6 Å². The molecule has 2 N–H and O–H groups in total. The van der Waals surface area contributed by atoms with E-state index in [4.69, 9.17) is 0 Å². The number of benzene rings is 2. The lowest BCUT2D eigenvalue weighted by Gasteiger charge is -2.32. The summed E-state index contributed by atoms with van der Waals surface area (Å²) >= 11 is 0.933. The smallest absolute Gasteiger partial charge is 0.243 e. The number of aromatic nitrogens is 2. The second-order valence-electron chi connectivity index (χ2n) is 8.19. The first-order valence-corrected chi connectivity index (χ1v) is 13.5. The molecule has 1 atom stereocenters. The van der Waals surface area contributed by atoms with Gasteiger partial charge in [0.2, 0.25) is 21.8 Å². The van der Waals surface area contributed by atoms with Crippen molar-refractivity contribution in [1.82, 2.24) is 23.7 Å². The average molecular weight is 502 g/mol. The molecule has 4 rings (SSSR count). The number of amides is 2. The summed E-state index contributed by atoms with van der Waals surface area (Å²) in [6.07, 6.45) is 3.67. The molecule has 1 aromatic heterocycles. The average Bonchev–Trinajstić information content (AvgIpc) is 3.31. The maximum Gasteiger partial charge on any atom is 0.243 e. The number of rotatable bonds is 5. The fourth-order valence-corrected chi connectivity index (χ4v) is 5.85. The lowest BCUT2D eigenvalue weighted by Crippen LogP contribution is -2.44. The molecular weight excluding hydrogens is 474 g/mol. The van der Waals surface area contributed by atoms with E-state index < -0.39 is 22.6 Å². The number of hydrogen-bond donors (Lipinski definition) is 2. The molecule has 180 valence electrons. The van der Waals surface area contributed by atoms with Crippen LogP contribution in [0.15, 0.2) is 53.4 Å². The van der Waals surface area contributed by atoms with Crippen LogP contribution in [0.2, 0.25) is 0 Å². The highest BCUT2D eigenvalue weighted by Gasteiger charge is 2.29. The Labute approximate surface area is 202 Å². The van der Waals surface area contributed by atoms with E-state index in [1.165, 1.54) is 6.07 Å². The number of nitrogens with one attached hydrogen (secondary N) is 2. The third-order valence-electron chi connectivity index (χ3n) is 5.86. The molecule has 34 heavy (non-hydrogen) atoms. The van der Waals surface area contributed by atoms with Gasteiger partial charge in [-0.3, -0.25) is 9.59 Å². The summed E-state index contributed by atoms with van der Waals surface area (Å²) in [5.74, 6) is -0.509. The maximum absolute atomic E-state index is 13.4. The lowest BCUT2D eigenvalue weighted by molar-refractivity contribution is -0.134. The normalized spacial score (nSPS) is 18.3. The van der Waals surface area contributed by atoms with E-state index in [2.05, 4.69) is 18.8 Å². The van der Waals surface area contributed by atoms with Gasteiger partial charge >= 0.3 is 0 Å². The van der Waals surface area contributed by atoms with E-state index in [9.17, 15) is 18.0 Å². The zero-order valence-electron chi connectivity index (χ0n) is 18.6. The fraction of sp³-hybridized carbons (Fsp3) is 0.391. The molecule has 0 radical (unpaired) electrons. The molecule has 0 aliphatic carbocycles. The second-order valence-corrected chi connectivity index (χ2v) is 10.5. The molecule has 11 heteroatoms. The van der Waals surface area contributed by atoms with Crippen molar-refractivity contribution in [2.24, 2.45) is 0 Å². The molecule has 2 aromatic carbocycles. The topological polar surface area (TPSA) is 121 Å². The van der Waals surface area contributed by atoms with Crippen molar-refractivity contribution in [2.45, 2.75) is 43.0 Å². The predicted octanol–water partition coefficient (Wildman–Crippen LogP) is 2.62. The largest absolute Gasteiger partial charge is 0.356 e. The number of carbonyl (C=O) groups excluding carboxylic acids is 2. The van der Waals surface area contributed by atoms with Gasteiger partial charge in [0.1, 0.15) is 15.9 Å². The molecule has 9 nitrogen and oxygen atoms in total. The molecule has 2 heterocycles. The van der Waals surface area contributed by atoms with Gasteiger partial charge in [-0.25, -0.2) is 13.1 Å². The van der Waals surface area contributed by atoms with Crippen LogP contribution in [0.3, 0.4) is 0 Å². The number of nitrogens with zero attached hydrogens (tertiary/aromatic N) is 3. The van der Waals surface area contributed by atoms with Gasteiger partial charge in [0.25, 0.3) is 0 Å². The van der Waals surface area contributed by atoms with Crippen LogP contribution in [0.4, 0.5) is 0 Å². The van der Waals surface area contributed by atoms with Crippen molar-refractivity contribution in [2.75, 3.05) is 19.6 Å². The number of sulfonamides is 1.